The summed E-state index contributed by atoms with van der Waals surface area (Å²) >= 11 is 6.25. The smallest absolute Gasteiger partial charge is 0.252 e. The molecule has 132 valence electrons. The molecule has 0 bridgehead atoms. The van der Waals surface area contributed by atoms with Gasteiger partial charge in [0.15, 0.2) is 0 Å². The highest BCUT2D eigenvalue weighted by Gasteiger charge is 2.35. The fourth-order valence-corrected chi connectivity index (χ4v) is 3.50. The molecule has 1 aliphatic rings. The average molecular weight is 360 g/mol. The summed E-state index contributed by atoms with van der Waals surface area (Å²) in [5.74, 6) is 0.697. The first-order valence-electron chi connectivity index (χ1n) is 8.50. The fraction of sp³-hybridized carbons (Fsp3) is 0.368. The van der Waals surface area contributed by atoms with Crippen LogP contribution in [-0.2, 0) is 5.60 Å². The molecule has 1 amide bonds. The van der Waals surface area contributed by atoms with Crippen molar-refractivity contribution in [1.29, 1.82) is 0 Å². The molecule has 0 saturated carbocycles. The van der Waals surface area contributed by atoms with Crippen molar-refractivity contribution >= 4 is 23.3 Å². The Kier molecular flexibility index (Phi) is 5.25. The maximum atomic E-state index is 11.8. The van der Waals surface area contributed by atoms with Gasteiger partial charge in [-0.05, 0) is 38.0 Å². The van der Waals surface area contributed by atoms with E-state index in [1.165, 1.54) is 0 Å². The van der Waals surface area contributed by atoms with Crippen LogP contribution in [0.2, 0.25) is 5.02 Å². The first kappa shape index (κ1) is 17.7. The Hall–Kier alpha value is -2.11. The van der Waals surface area contributed by atoms with Crippen molar-refractivity contribution in [2.75, 3.05) is 24.5 Å². The molecule has 1 fully saturated rings. The fourth-order valence-electron chi connectivity index (χ4n) is 3.18. The Bertz CT molecular complexity index is 741. The van der Waals surface area contributed by atoms with Crippen molar-refractivity contribution in [2.45, 2.75) is 25.4 Å². The summed E-state index contributed by atoms with van der Waals surface area (Å²) in [7, 11) is 0. The summed E-state index contributed by atoms with van der Waals surface area (Å²) in [6, 6.07) is 11.1. The summed E-state index contributed by atoms with van der Waals surface area (Å²) < 4.78 is 0. The Morgan fingerprint density at radius 3 is 2.60 bits per heavy atom. The number of pyridine rings is 1. The van der Waals surface area contributed by atoms with Crippen molar-refractivity contribution in [1.82, 2.24) is 10.3 Å². The third kappa shape index (κ3) is 3.78. The Labute approximate surface area is 152 Å². The lowest BCUT2D eigenvalue weighted by Crippen LogP contribution is -2.43. The van der Waals surface area contributed by atoms with Gasteiger partial charge >= 0.3 is 0 Å². The minimum absolute atomic E-state index is 0.117. The molecule has 1 aromatic heterocycles. The molecule has 2 heterocycles. The Morgan fingerprint density at radius 2 is 2.00 bits per heavy atom. The summed E-state index contributed by atoms with van der Waals surface area (Å²) in [5.41, 5.74) is 0.432. The lowest BCUT2D eigenvalue weighted by atomic mass is 9.84. The molecule has 1 aliphatic heterocycles. The minimum Gasteiger partial charge on any atom is -0.385 e. The predicted molar refractivity (Wildman–Crippen MR) is 99.0 cm³/mol. The number of nitrogens with zero attached hydrogens (tertiary/aromatic N) is 2. The normalized spacial score (nSPS) is 16.5. The van der Waals surface area contributed by atoms with Gasteiger partial charge in [-0.25, -0.2) is 4.98 Å². The van der Waals surface area contributed by atoms with Crippen molar-refractivity contribution in [2.24, 2.45) is 0 Å². The zero-order valence-electron chi connectivity index (χ0n) is 14.2. The monoisotopic (exact) mass is 359 g/mol. The van der Waals surface area contributed by atoms with Gasteiger partial charge in [0.05, 0.1) is 11.2 Å². The summed E-state index contributed by atoms with van der Waals surface area (Å²) in [6.45, 7) is 3.82. The number of benzene rings is 1. The van der Waals surface area contributed by atoms with Crippen LogP contribution in [0.3, 0.4) is 0 Å². The second-order valence-electron chi connectivity index (χ2n) is 6.26. The van der Waals surface area contributed by atoms with Crippen LogP contribution in [0, 0.1) is 0 Å². The number of aromatic nitrogens is 1. The molecular formula is C19H22ClN3O2. The van der Waals surface area contributed by atoms with Crippen LogP contribution in [0.15, 0.2) is 42.6 Å². The number of aliphatic hydroxyl groups is 1. The zero-order chi connectivity index (χ0) is 17.9. The zero-order valence-corrected chi connectivity index (χ0v) is 15.0. The van der Waals surface area contributed by atoms with E-state index in [-0.39, 0.29) is 5.91 Å². The first-order valence-corrected chi connectivity index (χ1v) is 8.88. The van der Waals surface area contributed by atoms with Gasteiger partial charge < -0.3 is 15.3 Å². The number of rotatable bonds is 4. The second-order valence-corrected chi connectivity index (χ2v) is 6.67. The van der Waals surface area contributed by atoms with Gasteiger partial charge in [-0.15, -0.1) is 0 Å². The molecule has 2 aromatic rings. The highest BCUT2D eigenvalue weighted by atomic mass is 35.5. The van der Waals surface area contributed by atoms with E-state index in [2.05, 4.69) is 15.2 Å². The maximum Gasteiger partial charge on any atom is 0.252 e. The molecule has 0 aliphatic carbocycles. The molecule has 1 aromatic carbocycles. The van der Waals surface area contributed by atoms with Gasteiger partial charge in [-0.3, -0.25) is 4.79 Å². The van der Waals surface area contributed by atoms with Gasteiger partial charge in [-0.2, -0.15) is 0 Å². The quantitative estimate of drug-likeness (QED) is 0.880. The summed E-state index contributed by atoms with van der Waals surface area (Å²) in [4.78, 5) is 18.3. The van der Waals surface area contributed by atoms with Crippen LogP contribution < -0.4 is 10.2 Å². The first-order chi connectivity index (χ1) is 12.0. The van der Waals surface area contributed by atoms with E-state index in [9.17, 15) is 9.90 Å². The van der Waals surface area contributed by atoms with Gasteiger partial charge in [-0.1, -0.05) is 29.8 Å². The van der Waals surface area contributed by atoms with Crippen molar-refractivity contribution in [3.05, 3.63) is 58.7 Å². The van der Waals surface area contributed by atoms with Gasteiger partial charge in [0, 0.05) is 36.4 Å². The number of anilines is 1. The number of halogens is 1. The highest BCUT2D eigenvalue weighted by Crippen LogP contribution is 2.37. The topological polar surface area (TPSA) is 65.5 Å². The average Bonchev–Trinajstić information content (AvgIpc) is 2.63. The second kappa shape index (κ2) is 7.42. The van der Waals surface area contributed by atoms with E-state index in [1.54, 1.807) is 12.3 Å². The molecule has 0 spiro atoms. The van der Waals surface area contributed by atoms with Crippen LogP contribution in [0.1, 0.15) is 35.7 Å². The summed E-state index contributed by atoms with van der Waals surface area (Å²) in [5, 5.41) is 14.3. The molecule has 2 N–H and O–H groups in total. The SMILES string of the molecule is CCNC(=O)c1ccc(N2CCC(O)(c3ccccc3Cl)CC2)nc1. The minimum atomic E-state index is -0.907. The third-order valence-corrected chi connectivity index (χ3v) is 4.97. The number of carbonyl (C=O) groups excluding carboxylic acids is 1. The van der Waals surface area contributed by atoms with Crippen molar-refractivity contribution in [3.8, 4) is 0 Å². The third-order valence-electron chi connectivity index (χ3n) is 4.64. The van der Waals surface area contributed by atoms with E-state index in [0.29, 0.717) is 43.1 Å². The predicted octanol–water partition coefficient (Wildman–Crippen LogP) is 2.97. The number of amides is 1. The van der Waals surface area contributed by atoms with E-state index in [4.69, 9.17) is 11.6 Å². The summed E-state index contributed by atoms with van der Waals surface area (Å²) in [6.07, 6.45) is 2.75. The lowest BCUT2D eigenvalue weighted by molar-refractivity contribution is 0.0117. The highest BCUT2D eigenvalue weighted by molar-refractivity contribution is 6.31. The van der Waals surface area contributed by atoms with Crippen LogP contribution in [-0.4, -0.2) is 35.6 Å². The number of carbonyl (C=O) groups is 1. The van der Waals surface area contributed by atoms with Gasteiger partial charge in [0.1, 0.15) is 5.82 Å². The van der Waals surface area contributed by atoms with E-state index < -0.39 is 5.60 Å². The number of hydrogen-bond donors (Lipinski definition) is 2. The molecule has 5 nitrogen and oxygen atoms in total. The molecule has 3 rings (SSSR count). The number of hydrogen-bond acceptors (Lipinski definition) is 4. The molecule has 6 heteroatoms. The van der Waals surface area contributed by atoms with E-state index in [1.807, 2.05) is 37.3 Å². The van der Waals surface area contributed by atoms with Crippen LogP contribution in [0.25, 0.3) is 0 Å². The molecule has 0 unspecified atom stereocenters. The molecule has 25 heavy (non-hydrogen) atoms. The molecule has 0 radical (unpaired) electrons. The largest absolute Gasteiger partial charge is 0.385 e. The van der Waals surface area contributed by atoms with E-state index >= 15 is 0 Å². The molecule has 0 atom stereocenters. The lowest BCUT2D eigenvalue weighted by Gasteiger charge is -2.39. The van der Waals surface area contributed by atoms with Crippen molar-refractivity contribution in [3.63, 3.8) is 0 Å². The van der Waals surface area contributed by atoms with E-state index in [0.717, 1.165) is 11.4 Å². The number of piperidine rings is 1. The number of nitrogens with one attached hydrogen (secondary N) is 1. The van der Waals surface area contributed by atoms with Crippen molar-refractivity contribution < 1.29 is 9.90 Å². The van der Waals surface area contributed by atoms with Crippen LogP contribution in [0.5, 0.6) is 0 Å². The van der Waals surface area contributed by atoms with Gasteiger partial charge in [0.2, 0.25) is 0 Å². The van der Waals surface area contributed by atoms with Crippen LogP contribution in [0.4, 0.5) is 5.82 Å². The standard InChI is InChI=1S/C19H22ClN3O2/c1-2-21-18(24)14-7-8-17(22-13-14)23-11-9-19(25,10-12-23)15-5-3-4-6-16(15)20/h3-8,13,25H,2,9-12H2,1H3,(H,21,24). The Morgan fingerprint density at radius 1 is 1.28 bits per heavy atom. The van der Waals surface area contributed by atoms with Gasteiger partial charge in [0.25, 0.3) is 5.91 Å². The maximum absolute atomic E-state index is 11.8. The molecule has 1 saturated heterocycles. The molecular weight excluding hydrogens is 338 g/mol. The van der Waals surface area contributed by atoms with Crippen LogP contribution >= 0.6 is 11.6 Å². The Balaban J connectivity index is 1.68.